The number of rotatable bonds is 4. The van der Waals surface area contributed by atoms with E-state index in [1.807, 2.05) is 7.05 Å². The normalized spacial score (nSPS) is 21.8. The molecule has 0 radical (unpaired) electrons. The van der Waals surface area contributed by atoms with Gasteiger partial charge in [-0.2, -0.15) is 0 Å². The Kier molecular flexibility index (Phi) is 4.02. The lowest BCUT2D eigenvalue weighted by Gasteiger charge is -2.25. The molecule has 17 heavy (non-hydrogen) atoms. The lowest BCUT2D eigenvalue weighted by molar-refractivity contribution is 0.266. The van der Waals surface area contributed by atoms with Crippen molar-refractivity contribution in [3.63, 3.8) is 0 Å². The van der Waals surface area contributed by atoms with Crippen molar-refractivity contribution in [2.45, 2.75) is 31.8 Å². The average Bonchev–Trinajstić information content (AvgIpc) is 2.86. The highest BCUT2D eigenvalue weighted by molar-refractivity contribution is 5.49. The molecular weight excluding hydrogens is 212 g/mol. The van der Waals surface area contributed by atoms with Crippen molar-refractivity contribution in [1.82, 2.24) is 5.32 Å². The summed E-state index contributed by atoms with van der Waals surface area (Å²) in [4.78, 5) is 2.31. The molecular formula is C14H22N2O. The molecule has 1 aromatic rings. The minimum Gasteiger partial charge on any atom is -0.394 e. The molecule has 3 nitrogen and oxygen atoms in total. The van der Waals surface area contributed by atoms with Crippen LogP contribution in [0.15, 0.2) is 24.3 Å². The van der Waals surface area contributed by atoms with Crippen molar-refractivity contribution in [2.24, 2.45) is 0 Å². The second kappa shape index (κ2) is 5.52. The third-order valence-corrected chi connectivity index (χ3v) is 3.75. The van der Waals surface area contributed by atoms with E-state index in [0.29, 0.717) is 12.1 Å². The zero-order valence-electron chi connectivity index (χ0n) is 10.7. The highest BCUT2D eigenvalue weighted by atomic mass is 16.3. The minimum atomic E-state index is 0.259. The number of hydrogen-bond acceptors (Lipinski definition) is 3. The fourth-order valence-corrected chi connectivity index (χ4v) is 2.49. The fraction of sp³-hybridized carbons (Fsp3) is 0.571. The summed E-state index contributed by atoms with van der Waals surface area (Å²) in [5, 5.41) is 12.6. The summed E-state index contributed by atoms with van der Waals surface area (Å²) in [6.45, 7) is 3.47. The molecule has 0 bridgehead atoms. The third-order valence-electron chi connectivity index (χ3n) is 3.75. The van der Waals surface area contributed by atoms with Crippen molar-refractivity contribution in [1.29, 1.82) is 0 Å². The summed E-state index contributed by atoms with van der Waals surface area (Å²) in [7, 11) is 1.97. The highest BCUT2D eigenvalue weighted by Crippen LogP contribution is 2.26. The first-order valence-electron chi connectivity index (χ1n) is 6.41. The molecule has 0 saturated carbocycles. The maximum absolute atomic E-state index is 9.33. The van der Waals surface area contributed by atoms with Crippen LogP contribution in [0.3, 0.4) is 0 Å². The molecule has 1 aliphatic heterocycles. The van der Waals surface area contributed by atoms with E-state index >= 15 is 0 Å². The topological polar surface area (TPSA) is 35.5 Å². The summed E-state index contributed by atoms with van der Waals surface area (Å²) in [5.41, 5.74) is 2.53. The molecule has 0 spiro atoms. The molecule has 2 N–H and O–H groups in total. The van der Waals surface area contributed by atoms with Crippen molar-refractivity contribution in [3.05, 3.63) is 29.8 Å². The predicted molar refractivity (Wildman–Crippen MR) is 71.4 cm³/mol. The maximum atomic E-state index is 9.33. The van der Waals surface area contributed by atoms with Gasteiger partial charge in [-0.1, -0.05) is 12.1 Å². The van der Waals surface area contributed by atoms with E-state index in [1.165, 1.54) is 17.7 Å². The summed E-state index contributed by atoms with van der Waals surface area (Å²) in [6.07, 6.45) is 2.28. The second-order valence-corrected chi connectivity index (χ2v) is 4.77. The number of benzene rings is 1. The van der Waals surface area contributed by atoms with Gasteiger partial charge in [0.2, 0.25) is 0 Å². The number of nitrogens with zero attached hydrogens (tertiary/aromatic N) is 1. The zero-order valence-corrected chi connectivity index (χ0v) is 10.7. The van der Waals surface area contributed by atoms with E-state index in [-0.39, 0.29) is 6.61 Å². The first-order valence-corrected chi connectivity index (χ1v) is 6.41. The summed E-state index contributed by atoms with van der Waals surface area (Å²) < 4.78 is 0. The van der Waals surface area contributed by atoms with Crippen LogP contribution in [0.5, 0.6) is 0 Å². The zero-order chi connectivity index (χ0) is 12.3. The first-order chi connectivity index (χ1) is 8.26. The van der Waals surface area contributed by atoms with Gasteiger partial charge in [-0.3, -0.25) is 0 Å². The van der Waals surface area contributed by atoms with Crippen LogP contribution in [-0.4, -0.2) is 31.3 Å². The third kappa shape index (κ3) is 2.61. The number of hydrogen-bond donors (Lipinski definition) is 2. The molecule has 1 fully saturated rings. The largest absolute Gasteiger partial charge is 0.394 e. The van der Waals surface area contributed by atoms with E-state index in [2.05, 4.69) is 41.4 Å². The Morgan fingerprint density at radius 3 is 2.71 bits per heavy atom. The highest BCUT2D eigenvalue weighted by Gasteiger charge is 2.23. The minimum absolute atomic E-state index is 0.259. The number of aliphatic hydroxyl groups excluding tert-OH is 1. The van der Waals surface area contributed by atoms with E-state index in [0.717, 1.165) is 13.0 Å². The van der Waals surface area contributed by atoms with Gasteiger partial charge in [0.15, 0.2) is 0 Å². The van der Waals surface area contributed by atoms with Crippen LogP contribution in [0.4, 0.5) is 5.69 Å². The van der Waals surface area contributed by atoms with Crippen molar-refractivity contribution >= 4 is 5.69 Å². The Morgan fingerprint density at radius 2 is 2.12 bits per heavy atom. The van der Waals surface area contributed by atoms with Crippen LogP contribution >= 0.6 is 0 Å². The van der Waals surface area contributed by atoms with Gasteiger partial charge >= 0.3 is 0 Å². The Labute approximate surface area is 103 Å². The van der Waals surface area contributed by atoms with Gasteiger partial charge in [0.25, 0.3) is 0 Å². The summed E-state index contributed by atoms with van der Waals surface area (Å²) in [5.74, 6) is 0. The number of anilines is 1. The smallest absolute Gasteiger partial charge is 0.0635 e. The van der Waals surface area contributed by atoms with Crippen LogP contribution in [-0.2, 0) is 0 Å². The fourth-order valence-electron chi connectivity index (χ4n) is 2.49. The van der Waals surface area contributed by atoms with Crippen LogP contribution < -0.4 is 10.2 Å². The predicted octanol–water partition coefficient (Wildman–Crippen LogP) is 1.93. The Hall–Kier alpha value is -1.06. The molecule has 0 aromatic heterocycles. The molecule has 2 rings (SSSR count). The Morgan fingerprint density at radius 1 is 1.41 bits per heavy atom. The molecule has 2 unspecified atom stereocenters. The monoisotopic (exact) mass is 234 g/mol. The Bertz CT molecular complexity index is 350. The summed E-state index contributed by atoms with van der Waals surface area (Å²) >= 11 is 0. The molecule has 1 aromatic carbocycles. The summed E-state index contributed by atoms with van der Waals surface area (Å²) in [6, 6.07) is 9.36. The van der Waals surface area contributed by atoms with Crippen molar-refractivity contribution in [2.75, 3.05) is 25.1 Å². The van der Waals surface area contributed by atoms with Crippen LogP contribution in [0.2, 0.25) is 0 Å². The molecule has 0 aliphatic carbocycles. The number of aliphatic hydroxyl groups is 1. The lowest BCUT2D eigenvalue weighted by Crippen LogP contribution is -2.31. The first kappa shape index (κ1) is 12.4. The lowest BCUT2D eigenvalue weighted by atomic mass is 10.1. The van der Waals surface area contributed by atoms with Gasteiger partial charge in [0.1, 0.15) is 0 Å². The quantitative estimate of drug-likeness (QED) is 0.835. The van der Waals surface area contributed by atoms with E-state index in [1.54, 1.807) is 0 Å². The molecule has 1 heterocycles. The number of nitrogens with one attached hydrogen (secondary N) is 1. The molecule has 3 heteroatoms. The maximum Gasteiger partial charge on any atom is 0.0635 e. The van der Waals surface area contributed by atoms with E-state index < -0.39 is 0 Å². The molecule has 1 saturated heterocycles. The van der Waals surface area contributed by atoms with Crippen LogP contribution in [0.1, 0.15) is 31.4 Å². The second-order valence-electron chi connectivity index (χ2n) is 4.77. The average molecular weight is 234 g/mol. The van der Waals surface area contributed by atoms with E-state index in [4.69, 9.17) is 0 Å². The van der Waals surface area contributed by atoms with Gasteiger partial charge in [-0.15, -0.1) is 0 Å². The molecule has 94 valence electrons. The van der Waals surface area contributed by atoms with Crippen molar-refractivity contribution < 1.29 is 5.11 Å². The van der Waals surface area contributed by atoms with Gasteiger partial charge in [0.05, 0.1) is 12.6 Å². The van der Waals surface area contributed by atoms with Crippen LogP contribution in [0.25, 0.3) is 0 Å². The van der Waals surface area contributed by atoms with E-state index in [9.17, 15) is 5.11 Å². The van der Waals surface area contributed by atoms with Gasteiger partial charge in [-0.05, 0) is 44.5 Å². The van der Waals surface area contributed by atoms with Crippen LogP contribution in [0, 0.1) is 0 Å². The Balaban J connectivity index is 2.12. The molecule has 2 atom stereocenters. The molecule has 0 amide bonds. The van der Waals surface area contributed by atoms with Gasteiger partial charge < -0.3 is 15.3 Å². The molecule has 1 aliphatic rings. The van der Waals surface area contributed by atoms with Crippen molar-refractivity contribution in [3.8, 4) is 0 Å². The van der Waals surface area contributed by atoms with Gasteiger partial charge in [0, 0.05) is 18.3 Å². The standard InChI is InChI=1S/C14H22N2O/c1-11(15-2)12-5-7-13(8-6-12)16-9-3-4-14(16)10-17/h5-8,11,14-15,17H,3-4,9-10H2,1-2H3. The van der Waals surface area contributed by atoms with Gasteiger partial charge in [-0.25, -0.2) is 0 Å². The SMILES string of the molecule is CNC(C)c1ccc(N2CCCC2CO)cc1.